The monoisotopic (exact) mass is 261 g/mol. The molecule has 0 aromatic heterocycles. The molecular weight excluding hydrogens is 242 g/mol. The van der Waals surface area contributed by atoms with Crippen molar-refractivity contribution in [2.45, 2.75) is 38.3 Å². The van der Waals surface area contributed by atoms with Crippen LogP contribution in [-0.2, 0) is 0 Å². The van der Waals surface area contributed by atoms with Gasteiger partial charge in [-0.15, -0.1) is 0 Å². The quantitative estimate of drug-likeness (QED) is 0.671. The summed E-state index contributed by atoms with van der Waals surface area (Å²) in [5, 5.41) is 14.5. The van der Waals surface area contributed by atoms with Crippen molar-refractivity contribution in [3.8, 4) is 0 Å². The van der Waals surface area contributed by atoms with Crippen LogP contribution in [0, 0.1) is 17.0 Å². The van der Waals surface area contributed by atoms with Crippen LogP contribution in [-0.4, -0.2) is 35.0 Å². The largest absolute Gasteiger partial charge is 0.375 e. The number of nitro benzene ring substituents is 1. The average Bonchev–Trinajstić information content (AvgIpc) is 2.94. The summed E-state index contributed by atoms with van der Waals surface area (Å²) in [6.07, 6.45) is 3.53. The molecule has 1 aromatic rings. The summed E-state index contributed by atoms with van der Waals surface area (Å²) in [6.45, 7) is 4.26. The minimum Gasteiger partial charge on any atom is -0.375 e. The summed E-state index contributed by atoms with van der Waals surface area (Å²) in [5.74, 6) is 0. The van der Waals surface area contributed by atoms with E-state index in [0.29, 0.717) is 17.8 Å². The molecule has 0 saturated carbocycles. The standard InChI is InChI=1S/C14H19N3O2/c1-10-4-5-14(17(18)19)12(9-10)15-11-6-8-16-7-2-3-13(11)16/h4-5,9,11,13,15H,2-3,6-8H2,1H3. The first-order valence-corrected chi connectivity index (χ1v) is 6.91. The highest BCUT2D eigenvalue weighted by Crippen LogP contribution is 2.33. The lowest BCUT2D eigenvalue weighted by atomic mass is 10.1. The number of nitro groups is 1. The number of aryl methyl sites for hydroxylation is 1. The minimum atomic E-state index is -0.302. The second-order valence-corrected chi connectivity index (χ2v) is 5.56. The van der Waals surface area contributed by atoms with E-state index in [9.17, 15) is 10.1 Å². The Balaban J connectivity index is 1.83. The molecule has 2 aliphatic heterocycles. The predicted octanol–water partition coefficient (Wildman–Crippen LogP) is 2.55. The van der Waals surface area contributed by atoms with E-state index in [4.69, 9.17) is 0 Å². The van der Waals surface area contributed by atoms with Crippen molar-refractivity contribution < 1.29 is 4.92 Å². The summed E-state index contributed by atoms with van der Waals surface area (Å²) in [7, 11) is 0. The maximum absolute atomic E-state index is 11.1. The predicted molar refractivity (Wildman–Crippen MR) is 74.5 cm³/mol. The van der Waals surface area contributed by atoms with E-state index in [0.717, 1.165) is 18.5 Å². The molecule has 0 bridgehead atoms. The van der Waals surface area contributed by atoms with Crippen molar-refractivity contribution in [3.63, 3.8) is 0 Å². The number of benzene rings is 1. The molecule has 102 valence electrons. The molecule has 0 radical (unpaired) electrons. The molecule has 2 atom stereocenters. The third-order valence-electron chi connectivity index (χ3n) is 4.30. The highest BCUT2D eigenvalue weighted by Gasteiger charge is 2.37. The van der Waals surface area contributed by atoms with Crippen molar-refractivity contribution in [1.82, 2.24) is 4.90 Å². The Labute approximate surface area is 112 Å². The lowest BCUT2D eigenvalue weighted by Crippen LogP contribution is -2.33. The molecule has 3 rings (SSSR count). The Bertz CT molecular complexity index is 503. The molecular formula is C14H19N3O2. The van der Waals surface area contributed by atoms with E-state index in [2.05, 4.69) is 10.2 Å². The molecule has 1 N–H and O–H groups in total. The van der Waals surface area contributed by atoms with Gasteiger partial charge in [0.25, 0.3) is 5.69 Å². The van der Waals surface area contributed by atoms with Gasteiger partial charge in [0.15, 0.2) is 0 Å². The van der Waals surface area contributed by atoms with Gasteiger partial charge in [-0.3, -0.25) is 15.0 Å². The molecule has 5 nitrogen and oxygen atoms in total. The van der Waals surface area contributed by atoms with Gasteiger partial charge >= 0.3 is 0 Å². The molecule has 5 heteroatoms. The number of nitrogens with one attached hydrogen (secondary N) is 1. The maximum Gasteiger partial charge on any atom is 0.292 e. The fraction of sp³-hybridized carbons (Fsp3) is 0.571. The Morgan fingerprint density at radius 2 is 2.21 bits per heavy atom. The van der Waals surface area contributed by atoms with Gasteiger partial charge in [0, 0.05) is 24.7 Å². The third-order valence-corrected chi connectivity index (χ3v) is 4.30. The summed E-state index contributed by atoms with van der Waals surface area (Å²) in [5.41, 5.74) is 1.90. The molecule has 0 amide bonds. The minimum absolute atomic E-state index is 0.182. The maximum atomic E-state index is 11.1. The van der Waals surface area contributed by atoms with Crippen LogP contribution in [0.4, 0.5) is 11.4 Å². The van der Waals surface area contributed by atoms with Crippen LogP contribution in [0.1, 0.15) is 24.8 Å². The molecule has 2 saturated heterocycles. The molecule has 2 heterocycles. The zero-order valence-corrected chi connectivity index (χ0v) is 11.1. The Kier molecular flexibility index (Phi) is 3.14. The van der Waals surface area contributed by atoms with E-state index < -0.39 is 0 Å². The second-order valence-electron chi connectivity index (χ2n) is 5.56. The van der Waals surface area contributed by atoms with E-state index in [-0.39, 0.29) is 10.6 Å². The van der Waals surface area contributed by atoms with Crippen molar-refractivity contribution in [2.24, 2.45) is 0 Å². The SMILES string of the molecule is Cc1ccc([N+](=O)[O-])c(NC2CCN3CCCC23)c1. The fourth-order valence-corrected chi connectivity index (χ4v) is 3.38. The van der Waals surface area contributed by atoms with Gasteiger partial charge in [-0.25, -0.2) is 0 Å². The lowest BCUT2D eigenvalue weighted by Gasteiger charge is -2.22. The van der Waals surface area contributed by atoms with Crippen LogP contribution in [0.15, 0.2) is 18.2 Å². The zero-order chi connectivity index (χ0) is 13.4. The summed E-state index contributed by atoms with van der Waals surface area (Å²) >= 11 is 0. The van der Waals surface area contributed by atoms with Crippen LogP contribution < -0.4 is 5.32 Å². The molecule has 1 aromatic carbocycles. The van der Waals surface area contributed by atoms with Gasteiger partial charge in [-0.2, -0.15) is 0 Å². The number of hydrogen-bond donors (Lipinski definition) is 1. The summed E-state index contributed by atoms with van der Waals surface area (Å²) < 4.78 is 0. The van der Waals surface area contributed by atoms with E-state index in [1.165, 1.54) is 19.4 Å². The van der Waals surface area contributed by atoms with Crippen LogP contribution in [0.2, 0.25) is 0 Å². The van der Waals surface area contributed by atoms with E-state index in [1.807, 2.05) is 13.0 Å². The van der Waals surface area contributed by atoms with Gasteiger partial charge in [0.1, 0.15) is 5.69 Å². The smallest absolute Gasteiger partial charge is 0.292 e. The van der Waals surface area contributed by atoms with Gasteiger partial charge in [0.05, 0.1) is 4.92 Å². The normalized spacial score (nSPS) is 26.4. The molecule has 19 heavy (non-hydrogen) atoms. The molecule has 2 aliphatic rings. The second kappa shape index (κ2) is 4.81. The van der Waals surface area contributed by atoms with E-state index in [1.54, 1.807) is 12.1 Å². The first-order chi connectivity index (χ1) is 9.15. The summed E-state index contributed by atoms with van der Waals surface area (Å²) in [4.78, 5) is 13.3. The molecule has 2 unspecified atom stereocenters. The van der Waals surface area contributed by atoms with Crippen molar-refractivity contribution in [2.75, 3.05) is 18.4 Å². The topological polar surface area (TPSA) is 58.4 Å². The summed E-state index contributed by atoms with van der Waals surface area (Å²) in [6, 6.07) is 6.18. The van der Waals surface area contributed by atoms with Crippen LogP contribution in [0.25, 0.3) is 0 Å². The van der Waals surface area contributed by atoms with Gasteiger partial charge in [0.2, 0.25) is 0 Å². The molecule has 0 spiro atoms. The Morgan fingerprint density at radius 3 is 3.00 bits per heavy atom. The van der Waals surface area contributed by atoms with Crippen LogP contribution in [0.3, 0.4) is 0 Å². The number of nitrogens with zero attached hydrogens (tertiary/aromatic N) is 2. The van der Waals surface area contributed by atoms with Crippen molar-refractivity contribution in [3.05, 3.63) is 33.9 Å². The van der Waals surface area contributed by atoms with Gasteiger partial charge < -0.3 is 5.32 Å². The zero-order valence-electron chi connectivity index (χ0n) is 11.1. The van der Waals surface area contributed by atoms with Crippen molar-refractivity contribution >= 4 is 11.4 Å². The van der Waals surface area contributed by atoms with Gasteiger partial charge in [-0.1, -0.05) is 6.07 Å². The third kappa shape index (κ3) is 2.30. The molecule has 2 fully saturated rings. The molecule has 0 aliphatic carbocycles. The Hall–Kier alpha value is -1.62. The first-order valence-electron chi connectivity index (χ1n) is 6.91. The number of anilines is 1. The number of rotatable bonds is 3. The van der Waals surface area contributed by atoms with Crippen molar-refractivity contribution in [1.29, 1.82) is 0 Å². The average molecular weight is 261 g/mol. The van der Waals surface area contributed by atoms with E-state index >= 15 is 0 Å². The Morgan fingerprint density at radius 1 is 1.37 bits per heavy atom. The highest BCUT2D eigenvalue weighted by atomic mass is 16.6. The highest BCUT2D eigenvalue weighted by molar-refractivity contribution is 5.63. The lowest BCUT2D eigenvalue weighted by molar-refractivity contribution is -0.384. The fourth-order valence-electron chi connectivity index (χ4n) is 3.38. The number of fused-ring (bicyclic) bond motifs is 1. The number of hydrogen-bond acceptors (Lipinski definition) is 4. The van der Waals surface area contributed by atoms with Gasteiger partial charge in [-0.05, 0) is 44.4 Å². The first kappa shape index (κ1) is 12.4. The van der Waals surface area contributed by atoms with Crippen LogP contribution in [0.5, 0.6) is 0 Å². The van der Waals surface area contributed by atoms with Crippen LogP contribution >= 0.6 is 0 Å².